The lowest BCUT2D eigenvalue weighted by molar-refractivity contribution is -0.0589. The molecule has 2 atom stereocenters. The topological polar surface area (TPSA) is 24.5 Å². The summed E-state index contributed by atoms with van der Waals surface area (Å²) in [6.45, 7) is 3.40. The number of hydrogen-bond acceptors (Lipinski definition) is 3. The van der Waals surface area contributed by atoms with Crippen molar-refractivity contribution < 1.29 is 13.5 Å². The Morgan fingerprint density at radius 1 is 1.15 bits per heavy atom. The molecule has 0 aliphatic carbocycles. The molecule has 0 radical (unpaired) electrons. The minimum atomic E-state index is -2.42. The second kappa shape index (κ2) is 8.79. The Bertz CT molecular complexity index is 728. The Hall–Kier alpha value is -1.70. The van der Waals surface area contributed by atoms with Gasteiger partial charge in [0.15, 0.2) is 5.11 Å². The first-order chi connectivity index (χ1) is 12.5. The fraction of sp³-hybridized carbons (Fsp3) is 0.316. The van der Waals surface area contributed by atoms with Gasteiger partial charge in [0.25, 0.3) is 5.76 Å². The average molecular weight is 395 g/mol. The molecule has 3 rings (SSSR count). The van der Waals surface area contributed by atoms with Crippen LogP contribution >= 0.6 is 24.0 Å². The number of alkyl halides is 2. The highest BCUT2D eigenvalue weighted by Gasteiger charge is 2.27. The molecule has 1 aliphatic rings. The first-order valence-corrected chi connectivity index (χ1v) is 9.61. The first-order valence-electron chi connectivity index (χ1n) is 8.32. The highest BCUT2D eigenvalue weighted by atomic mass is 32.2. The third-order valence-corrected chi connectivity index (χ3v) is 5.13. The summed E-state index contributed by atoms with van der Waals surface area (Å²) in [6.07, 6.45) is 0.0167. The SMILES string of the molecule is C[C@@H]1CN(C(=S)Nc2ccc(SC(F)F)cc2)C[C@@H](c2ccccc2)O1. The van der Waals surface area contributed by atoms with Gasteiger partial charge in [0.1, 0.15) is 6.10 Å². The van der Waals surface area contributed by atoms with Crippen LogP contribution in [0.3, 0.4) is 0 Å². The van der Waals surface area contributed by atoms with Crippen LogP contribution in [0.15, 0.2) is 59.5 Å². The van der Waals surface area contributed by atoms with Crippen molar-refractivity contribution in [3.63, 3.8) is 0 Å². The van der Waals surface area contributed by atoms with Crippen LogP contribution in [0.5, 0.6) is 0 Å². The predicted molar refractivity (Wildman–Crippen MR) is 106 cm³/mol. The number of nitrogens with one attached hydrogen (secondary N) is 1. The van der Waals surface area contributed by atoms with E-state index in [2.05, 4.69) is 22.3 Å². The van der Waals surface area contributed by atoms with Crippen molar-refractivity contribution in [2.24, 2.45) is 0 Å². The molecule has 0 bridgehead atoms. The number of benzene rings is 2. The van der Waals surface area contributed by atoms with Gasteiger partial charge in [-0.3, -0.25) is 0 Å². The molecule has 1 N–H and O–H groups in total. The van der Waals surface area contributed by atoms with Crippen LogP contribution in [0, 0.1) is 0 Å². The number of anilines is 1. The van der Waals surface area contributed by atoms with Gasteiger partial charge < -0.3 is 15.0 Å². The van der Waals surface area contributed by atoms with Gasteiger partial charge in [0, 0.05) is 17.1 Å². The van der Waals surface area contributed by atoms with Gasteiger partial charge in [0.05, 0.1) is 12.6 Å². The van der Waals surface area contributed by atoms with Gasteiger partial charge in [-0.05, 0) is 49.0 Å². The molecule has 0 aromatic heterocycles. The molecule has 1 heterocycles. The molecule has 2 aromatic rings. The standard InChI is InChI=1S/C19H20F2N2OS2/c1-13-11-23(12-17(24-13)14-5-3-2-4-6-14)19(25)22-15-7-9-16(10-8-15)26-18(20)21/h2-10,13,17-18H,11-12H2,1H3,(H,22,25)/t13-,17+/m1/s1. The van der Waals surface area contributed by atoms with Crippen molar-refractivity contribution in [1.29, 1.82) is 0 Å². The van der Waals surface area contributed by atoms with E-state index in [4.69, 9.17) is 17.0 Å². The minimum Gasteiger partial charge on any atom is -0.367 e. The van der Waals surface area contributed by atoms with Crippen molar-refractivity contribution in [2.45, 2.75) is 29.8 Å². The highest BCUT2D eigenvalue weighted by molar-refractivity contribution is 7.99. The van der Waals surface area contributed by atoms with E-state index >= 15 is 0 Å². The lowest BCUT2D eigenvalue weighted by Crippen LogP contribution is -2.47. The monoisotopic (exact) mass is 394 g/mol. The summed E-state index contributed by atoms with van der Waals surface area (Å²) in [5.74, 6) is -2.42. The van der Waals surface area contributed by atoms with Gasteiger partial charge in [0.2, 0.25) is 0 Å². The molecule has 0 spiro atoms. The number of ether oxygens (including phenoxy) is 1. The van der Waals surface area contributed by atoms with Crippen LogP contribution in [-0.4, -0.2) is 35.0 Å². The van der Waals surface area contributed by atoms with Crippen LogP contribution in [0.4, 0.5) is 14.5 Å². The van der Waals surface area contributed by atoms with E-state index in [1.165, 1.54) is 0 Å². The number of hydrogen-bond donors (Lipinski definition) is 1. The van der Waals surface area contributed by atoms with E-state index in [1.54, 1.807) is 24.3 Å². The van der Waals surface area contributed by atoms with Crippen LogP contribution < -0.4 is 5.32 Å². The minimum absolute atomic E-state index is 0.0375. The second-order valence-electron chi connectivity index (χ2n) is 6.08. The Labute approximate surface area is 161 Å². The van der Waals surface area contributed by atoms with E-state index in [0.29, 0.717) is 34.9 Å². The molecule has 7 heteroatoms. The maximum absolute atomic E-state index is 12.4. The third-order valence-electron chi connectivity index (χ3n) is 4.05. The quantitative estimate of drug-likeness (QED) is 0.570. The predicted octanol–water partition coefficient (Wildman–Crippen LogP) is 5.16. The van der Waals surface area contributed by atoms with Crippen molar-refractivity contribution in [2.75, 3.05) is 18.4 Å². The van der Waals surface area contributed by atoms with E-state index in [9.17, 15) is 8.78 Å². The van der Waals surface area contributed by atoms with Crippen molar-refractivity contribution in [1.82, 2.24) is 4.90 Å². The van der Waals surface area contributed by atoms with E-state index in [-0.39, 0.29) is 12.2 Å². The number of thiocarbonyl (C=S) groups is 1. The molecular formula is C19H20F2N2OS2. The van der Waals surface area contributed by atoms with Crippen LogP contribution in [-0.2, 0) is 4.74 Å². The van der Waals surface area contributed by atoms with Crippen molar-refractivity contribution in [3.05, 3.63) is 60.2 Å². The number of rotatable bonds is 4. The molecular weight excluding hydrogens is 374 g/mol. The van der Waals surface area contributed by atoms with Crippen LogP contribution in [0.1, 0.15) is 18.6 Å². The Balaban J connectivity index is 1.63. The summed E-state index contributed by atoms with van der Waals surface area (Å²) in [4.78, 5) is 2.61. The zero-order valence-corrected chi connectivity index (χ0v) is 15.9. The Morgan fingerprint density at radius 3 is 2.50 bits per heavy atom. The molecule has 0 amide bonds. The maximum atomic E-state index is 12.4. The van der Waals surface area contributed by atoms with Gasteiger partial charge in [-0.2, -0.15) is 8.78 Å². The zero-order chi connectivity index (χ0) is 18.5. The van der Waals surface area contributed by atoms with E-state index < -0.39 is 5.76 Å². The van der Waals surface area contributed by atoms with Crippen molar-refractivity contribution >= 4 is 34.8 Å². The smallest absolute Gasteiger partial charge is 0.288 e. The van der Waals surface area contributed by atoms with E-state index in [0.717, 1.165) is 11.3 Å². The molecule has 3 nitrogen and oxygen atoms in total. The Morgan fingerprint density at radius 2 is 1.85 bits per heavy atom. The highest BCUT2D eigenvalue weighted by Crippen LogP contribution is 2.27. The maximum Gasteiger partial charge on any atom is 0.288 e. The lowest BCUT2D eigenvalue weighted by Gasteiger charge is -2.38. The fourth-order valence-electron chi connectivity index (χ4n) is 2.89. The molecule has 1 fully saturated rings. The number of nitrogens with zero attached hydrogens (tertiary/aromatic N) is 1. The first kappa shape index (κ1) is 19.1. The number of thioether (sulfide) groups is 1. The summed E-state index contributed by atoms with van der Waals surface area (Å²) in [5, 5.41) is 3.80. The zero-order valence-electron chi connectivity index (χ0n) is 14.3. The van der Waals surface area contributed by atoms with Gasteiger partial charge in [-0.15, -0.1) is 0 Å². The van der Waals surface area contributed by atoms with Gasteiger partial charge >= 0.3 is 0 Å². The molecule has 26 heavy (non-hydrogen) atoms. The summed E-state index contributed by atoms with van der Waals surface area (Å²) < 4.78 is 30.8. The molecule has 1 aliphatic heterocycles. The molecule has 0 saturated carbocycles. The fourth-order valence-corrected chi connectivity index (χ4v) is 3.66. The van der Waals surface area contributed by atoms with Gasteiger partial charge in [-0.25, -0.2) is 0 Å². The Kier molecular flexibility index (Phi) is 6.45. The summed E-state index contributed by atoms with van der Waals surface area (Å²) in [5.41, 5.74) is 1.91. The van der Waals surface area contributed by atoms with Crippen LogP contribution in [0.25, 0.3) is 0 Å². The van der Waals surface area contributed by atoms with E-state index in [1.807, 2.05) is 25.1 Å². The molecule has 138 valence electrons. The van der Waals surface area contributed by atoms with Gasteiger partial charge in [-0.1, -0.05) is 42.1 Å². The second-order valence-corrected chi connectivity index (χ2v) is 7.53. The normalized spacial score (nSPS) is 20.2. The number of halogens is 2. The average Bonchev–Trinajstić information content (AvgIpc) is 2.63. The number of morpholine rings is 1. The third kappa shape index (κ3) is 5.16. The largest absolute Gasteiger partial charge is 0.367 e. The molecule has 1 saturated heterocycles. The molecule has 2 aromatic carbocycles. The van der Waals surface area contributed by atoms with Crippen molar-refractivity contribution in [3.8, 4) is 0 Å². The summed E-state index contributed by atoms with van der Waals surface area (Å²) in [6, 6.07) is 16.9. The summed E-state index contributed by atoms with van der Waals surface area (Å²) in [7, 11) is 0. The summed E-state index contributed by atoms with van der Waals surface area (Å²) >= 11 is 6.08. The van der Waals surface area contributed by atoms with Crippen LogP contribution in [0.2, 0.25) is 0 Å². The molecule has 0 unspecified atom stereocenters. The lowest BCUT2D eigenvalue weighted by atomic mass is 10.1.